The summed E-state index contributed by atoms with van der Waals surface area (Å²) in [6, 6.07) is 1.99. The van der Waals surface area contributed by atoms with Crippen LogP contribution in [-0.2, 0) is 17.8 Å². The van der Waals surface area contributed by atoms with Gasteiger partial charge in [0.1, 0.15) is 6.54 Å². The maximum Gasteiger partial charge on any atom is 0.237 e. The van der Waals surface area contributed by atoms with Crippen molar-refractivity contribution in [3.05, 3.63) is 24.0 Å². The summed E-state index contributed by atoms with van der Waals surface area (Å²) in [5, 5.41) is 0. The van der Waals surface area contributed by atoms with Gasteiger partial charge in [-0.2, -0.15) is 0 Å². The van der Waals surface area contributed by atoms with Crippen LogP contribution in [0.15, 0.2) is 18.5 Å². The lowest BCUT2D eigenvalue weighted by Gasteiger charge is -1.95. The largest absolute Gasteiger partial charge is 0.368 e. The maximum atomic E-state index is 10.5. The first-order valence-electron chi connectivity index (χ1n) is 3.65. The zero-order valence-electron chi connectivity index (χ0n) is 6.58. The highest BCUT2D eigenvalue weighted by Gasteiger charge is 1.96. The van der Waals surface area contributed by atoms with Gasteiger partial charge < -0.3 is 10.3 Å². The molecular weight excluding hydrogens is 140 g/mol. The molecule has 0 saturated carbocycles. The Kier molecular flexibility index (Phi) is 2.31. The van der Waals surface area contributed by atoms with Crippen LogP contribution in [0.3, 0.4) is 0 Å². The lowest BCUT2D eigenvalue weighted by atomic mass is 10.3. The number of hydrogen-bond acceptors (Lipinski definition) is 1. The van der Waals surface area contributed by atoms with Crippen LogP contribution in [0.5, 0.6) is 0 Å². The van der Waals surface area contributed by atoms with Crippen LogP contribution in [0.1, 0.15) is 12.5 Å². The molecule has 0 saturated heterocycles. The number of primary amides is 1. The van der Waals surface area contributed by atoms with Crippen molar-refractivity contribution in [1.82, 2.24) is 4.57 Å². The molecule has 3 nitrogen and oxygen atoms in total. The summed E-state index contributed by atoms with van der Waals surface area (Å²) in [6.45, 7) is 2.35. The van der Waals surface area contributed by atoms with Gasteiger partial charge in [-0.25, -0.2) is 0 Å². The number of carbonyl (C=O) groups excluding carboxylic acids is 1. The Balaban J connectivity index is 2.65. The van der Waals surface area contributed by atoms with E-state index in [0.717, 1.165) is 6.42 Å². The lowest BCUT2D eigenvalue weighted by molar-refractivity contribution is -0.118. The first kappa shape index (κ1) is 7.85. The smallest absolute Gasteiger partial charge is 0.237 e. The highest BCUT2D eigenvalue weighted by Crippen LogP contribution is 2.00. The zero-order chi connectivity index (χ0) is 8.27. The quantitative estimate of drug-likeness (QED) is 0.675. The molecule has 3 heteroatoms. The van der Waals surface area contributed by atoms with Crippen molar-refractivity contribution in [2.45, 2.75) is 19.9 Å². The van der Waals surface area contributed by atoms with Crippen LogP contribution < -0.4 is 5.73 Å². The molecule has 1 aromatic heterocycles. The van der Waals surface area contributed by atoms with Gasteiger partial charge in [0.25, 0.3) is 0 Å². The van der Waals surface area contributed by atoms with Gasteiger partial charge in [0, 0.05) is 12.4 Å². The Hall–Kier alpha value is -1.25. The van der Waals surface area contributed by atoms with Gasteiger partial charge in [-0.1, -0.05) is 6.92 Å². The third kappa shape index (κ3) is 2.11. The molecule has 0 radical (unpaired) electrons. The van der Waals surface area contributed by atoms with Gasteiger partial charge in [-0.15, -0.1) is 0 Å². The van der Waals surface area contributed by atoms with Crippen molar-refractivity contribution in [2.75, 3.05) is 0 Å². The normalized spacial score (nSPS) is 9.91. The number of carbonyl (C=O) groups is 1. The molecule has 0 spiro atoms. The van der Waals surface area contributed by atoms with E-state index in [1.54, 1.807) is 4.57 Å². The third-order valence-corrected chi connectivity index (χ3v) is 1.56. The Morgan fingerprint density at radius 1 is 1.73 bits per heavy atom. The number of hydrogen-bond donors (Lipinski definition) is 1. The zero-order valence-corrected chi connectivity index (χ0v) is 6.58. The Bertz CT molecular complexity index is 252. The van der Waals surface area contributed by atoms with Crippen molar-refractivity contribution in [3.8, 4) is 0 Å². The lowest BCUT2D eigenvalue weighted by Crippen LogP contribution is -2.17. The van der Waals surface area contributed by atoms with Crippen LogP contribution in [-0.4, -0.2) is 10.5 Å². The van der Waals surface area contributed by atoms with Gasteiger partial charge in [0.05, 0.1) is 0 Å². The Morgan fingerprint density at radius 2 is 2.45 bits per heavy atom. The van der Waals surface area contributed by atoms with Crippen molar-refractivity contribution in [3.63, 3.8) is 0 Å². The summed E-state index contributed by atoms with van der Waals surface area (Å²) >= 11 is 0. The van der Waals surface area contributed by atoms with Crippen molar-refractivity contribution in [1.29, 1.82) is 0 Å². The van der Waals surface area contributed by atoms with Crippen LogP contribution in [0.4, 0.5) is 0 Å². The minimum absolute atomic E-state index is 0.278. The molecule has 1 rings (SSSR count). The molecule has 0 aliphatic rings. The molecule has 0 aliphatic carbocycles. The topological polar surface area (TPSA) is 48.0 Å². The second kappa shape index (κ2) is 3.23. The van der Waals surface area contributed by atoms with E-state index in [0.29, 0.717) is 0 Å². The number of rotatable bonds is 3. The maximum absolute atomic E-state index is 10.5. The van der Waals surface area contributed by atoms with Crippen LogP contribution in [0, 0.1) is 0 Å². The average Bonchev–Trinajstić information content (AvgIpc) is 2.34. The molecule has 2 N–H and O–H groups in total. The number of nitrogens with zero attached hydrogens (tertiary/aromatic N) is 1. The summed E-state index contributed by atoms with van der Waals surface area (Å²) in [6.07, 6.45) is 4.79. The minimum atomic E-state index is -0.303. The van der Waals surface area contributed by atoms with Crippen molar-refractivity contribution >= 4 is 5.91 Å². The highest BCUT2D eigenvalue weighted by molar-refractivity contribution is 5.73. The molecule has 0 aliphatic heterocycles. The Labute approximate surface area is 65.8 Å². The molecule has 11 heavy (non-hydrogen) atoms. The molecule has 0 fully saturated rings. The van der Waals surface area contributed by atoms with E-state index in [1.165, 1.54) is 5.56 Å². The van der Waals surface area contributed by atoms with E-state index < -0.39 is 0 Å². The fourth-order valence-corrected chi connectivity index (χ4v) is 0.978. The summed E-state index contributed by atoms with van der Waals surface area (Å²) in [4.78, 5) is 10.5. The number of amides is 1. The predicted octanol–water partition coefficient (Wildman–Crippen LogP) is 0.536. The Morgan fingerprint density at radius 3 is 2.91 bits per heavy atom. The number of aromatic nitrogens is 1. The standard InChI is InChI=1S/C8H12N2O/c1-2-7-3-4-10(5-7)6-8(9)11/h3-5H,2,6H2,1H3,(H2,9,11). The molecule has 0 bridgehead atoms. The molecule has 1 aromatic rings. The molecule has 0 unspecified atom stereocenters. The second-order valence-electron chi connectivity index (χ2n) is 2.51. The van der Waals surface area contributed by atoms with E-state index in [2.05, 4.69) is 6.92 Å². The van der Waals surface area contributed by atoms with E-state index in [-0.39, 0.29) is 12.5 Å². The molecule has 1 heterocycles. The summed E-state index contributed by atoms with van der Waals surface area (Å²) in [5.41, 5.74) is 6.24. The van der Waals surface area contributed by atoms with Crippen LogP contribution in [0.25, 0.3) is 0 Å². The van der Waals surface area contributed by atoms with E-state index >= 15 is 0 Å². The van der Waals surface area contributed by atoms with Gasteiger partial charge in [-0.3, -0.25) is 4.79 Å². The molecule has 1 amide bonds. The molecule has 60 valence electrons. The summed E-state index contributed by atoms with van der Waals surface area (Å²) in [7, 11) is 0. The van der Waals surface area contributed by atoms with Gasteiger partial charge in [0.2, 0.25) is 5.91 Å². The monoisotopic (exact) mass is 152 g/mol. The van der Waals surface area contributed by atoms with Gasteiger partial charge in [-0.05, 0) is 18.1 Å². The molecular formula is C8H12N2O. The average molecular weight is 152 g/mol. The predicted molar refractivity (Wildman–Crippen MR) is 43.0 cm³/mol. The second-order valence-corrected chi connectivity index (χ2v) is 2.51. The number of aryl methyl sites for hydroxylation is 1. The van der Waals surface area contributed by atoms with E-state index in [1.807, 2.05) is 18.5 Å². The SMILES string of the molecule is CCc1ccn(CC(N)=O)c1. The van der Waals surface area contributed by atoms with E-state index in [9.17, 15) is 4.79 Å². The highest BCUT2D eigenvalue weighted by atomic mass is 16.1. The van der Waals surface area contributed by atoms with E-state index in [4.69, 9.17) is 5.73 Å². The van der Waals surface area contributed by atoms with Crippen molar-refractivity contribution < 1.29 is 4.79 Å². The van der Waals surface area contributed by atoms with Gasteiger partial charge in [0.15, 0.2) is 0 Å². The van der Waals surface area contributed by atoms with Crippen molar-refractivity contribution in [2.24, 2.45) is 5.73 Å². The third-order valence-electron chi connectivity index (χ3n) is 1.56. The number of nitrogens with two attached hydrogens (primary N) is 1. The van der Waals surface area contributed by atoms with Crippen LogP contribution >= 0.6 is 0 Å². The molecule has 0 aromatic carbocycles. The first-order valence-corrected chi connectivity index (χ1v) is 3.65. The summed E-state index contributed by atoms with van der Waals surface area (Å²) < 4.78 is 1.79. The molecule has 0 atom stereocenters. The van der Waals surface area contributed by atoms with Gasteiger partial charge >= 0.3 is 0 Å². The first-order chi connectivity index (χ1) is 5.22. The van der Waals surface area contributed by atoms with Crippen LogP contribution in [0.2, 0.25) is 0 Å². The minimum Gasteiger partial charge on any atom is -0.368 e. The fourth-order valence-electron chi connectivity index (χ4n) is 0.978. The summed E-state index contributed by atoms with van der Waals surface area (Å²) in [5.74, 6) is -0.303. The fraction of sp³-hybridized carbons (Fsp3) is 0.375.